The fraction of sp³-hybridized carbons (Fsp3) is 0.533. The van der Waals surface area contributed by atoms with Crippen LogP contribution < -0.4 is 10.5 Å². The second kappa shape index (κ2) is 12.6. The van der Waals surface area contributed by atoms with Crippen molar-refractivity contribution in [1.82, 2.24) is 9.80 Å². The van der Waals surface area contributed by atoms with Crippen LogP contribution in [0.5, 0.6) is 5.75 Å². The Morgan fingerprint density at radius 1 is 0.947 bits per heavy atom. The average molecular weight is 526 g/mol. The zero-order chi connectivity index (χ0) is 27.2. The molecule has 2 aliphatic rings. The molecule has 0 aliphatic carbocycles. The van der Waals surface area contributed by atoms with Gasteiger partial charge in [-0.3, -0.25) is 4.79 Å². The molecule has 38 heavy (non-hydrogen) atoms. The van der Waals surface area contributed by atoms with Crippen molar-refractivity contribution in [3.8, 4) is 16.9 Å². The summed E-state index contributed by atoms with van der Waals surface area (Å²) in [5.41, 5.74) is 8.18. The molecule has 2 amide bonds. The molecule has 206 valence electrons. The molecule has 2 saturated heterocycles. The fourth-order valence-corrected chi connectivity index (χ4v) is 5.25. The molecule has 7 nitrogen and oxygen atoms in total. The van der Waals surface area contributed by atoms with E-state index in [9.17, 15) is 14.0 Å². The summed E-state index contributed by atoms with van der Waals surface area (Å²) in [5.74, 6) is 0.647. The molecule has 2 heterocycles. The quantitative estimate of drug-likeness (QED) is 0.524. The molecule has 0 saturated carbocycles. The van der Waals surface area contributed by atoms with Crippen LogP contribution in [0.3, 0.4) is 0 Å². The second-order valence-corrected chi connectivity index (χ2v) is 10.8. The lowest BCUT2D eigenvalue weighted by molar-refractivity contribution is -0.131. The SMILES string of the molecule is CC(C)OC(=O)N1CCC([C@H](C)Oc2ccc(-c3ccc(CC(N)C(=O)N4CCCC4)c(F)c3)cc2)CC1. The van der Waals surface area contributed by atoms with Gasteiger partial charge in [0.2, 0.25) is 5.91 Å². The minimum absolute atomic E-state index is 0.00771. The first-order chi connectivity index (χ1) is 18.2. The van der Waals surface area contributed by atoms with Gasteiger partial charge in [0.25, 0.3) is 0 Å². The van der Waals surface area contributed by atoms with Gasteiger partial charge in [0, 0.05) is 26.2 Å². The number of nitrogens with two attached hydrogens (primary N) is 1. The maximum Gasteiger partial charge on any atom is 0.410 e. The van der Waals surface area contributed by atoms with Crippen molar-refractivity contribution in [3.63, 3.8) is 0 Å². The number of nitrogens with zero attached hydrogens (tertiary/aromatic N) is 2. The number of rotatable bonds is 8. The highest BCUT2D eigenvalue weighted by atomic mass is 19.1. The maximum absolute atomic E-state index is 14.9. The van der Waals surface area contributed by atoms with Gasteiger partial charge < -0.3 is 25.0 Å². The van der Waals surface area contributed by atoms with Gasteiger partial charge in [0.1, 0.15) is 11.6 Å². The van der Waals surface area contributed by atoms with Crippen molar-refractivity contribution in [2.24, 2.45) is 11.7 Å². The summed E-state index contributed by atoms with van der Waals surface area (Å²) >= 11 is 0. The normalized spacial score (nSPS) is 17.9. The van der Waals surface area contributed by atoms with Crippen molar-refractivity contribution in [2.45, 2.75) is 71.1 Å². The molecule has 4 rings (SSSR count). The van der Waals surface area contributed by atoms with Gasteiger partial charge in [-0.15, -0.1) is 0 Å². The Morgan fingerprint density at radius 2 is 1.58 bits per heavy atom. The molecule has 2 atom stereocenters. The standard InChI is InChI=1S/C30H40FN3O4/c1-20(2)37-30(36)34-16-12-22(13-17-34)21(3)38-26-10-8-23(9-11-26)24-6-7-25(27(31)18-24)19-28(32)29(35)33-14-4-5-15-33/h6-11,18,20-22,28H,4-5,12-17,19,32H2,1-3H3/t21-,28?/m0/s1. The lowest BCUT2D eigenvalue weighted by atomic mass is 9.92. The molecule has 2 aromatic carbocycles. The van der Waals surface area contributed by atoms with E-state index in [1.165, 1.54) is 6.07 Å². The van der Waals surface area contributed by atoms with Crippen molar-refractivity contribution in [3.05, 3.63) is 53.8 Å². The van der Waals surface area contributed by atoms with Gasteiger partial charge in [-0.25, -0.2) is 9.18 Å². The predicted octanol–water partition coefficient (Wildman–Crippen LogP) is 5.01. The van der Waals surface area contributed by atoms with E-state index in [-0.39, 0.29) is 36.4 Å². The summed E-state index contributed by atoms with van der Waals surface area (Å²) in [6, 6.07) is 12.0. The number of piperidine rings is 1. The van der Waals surface area contributed by atoms with Crippen LogP contribution in [0, 0.1) is 11.7 Å². The highest BCUT2D eigenvalue weighted by Crippen LogP contribution is 2.28. The van der Waals surface area contributed by atoms with E-state index in [2.05, 4.69) is 6.92 Å². The molecular weight excluding hydrogens is 485 g/mol. The summed E-state index contributed by atoms with van der Waals surface area (Å²) in [4.78, 5) is 28.1. The minimum atomic E-state index is -0.729. The smallest absolute Gasteiger partial charge is 0.410 e. The highest BCUT2D eigenvalue weighted by Gasteiger charge is 2.28. The lowest BCUT2D eigenvalue weighted by Crippen LogP contribution is -2.43. The first-order valence-electron chi connectivity index (χ1n) is 13.8. The fourth-order valence-electron chi connectivity index (χ4n) is 5.25. The summed E-state index contributed by atoms with van der Waals surface area (Å²) in [6.07, 6.45) is 3.56. The topological polar surface area (TPSA) is 85.1 Å². The van der Waals surface area contributed by atoms with E-state index in [0.29, 0.717) is 24.6 Å². The van der Waals surface area contributed by atoms with Crippen LogP contribution in [0.1, 0.15) is 52.0 Å². The minimum Gasteiger partial charge on any atom is -0.490 e. The van der Waals surface area contributed by atoms with Crippen LogP contribution in [0.15, 0.2) is 42.5 Å². The number of halogens is 1. The van der Waals surface area contributed by atoms with E-state index in [0.717, 1.165) is 55.6 Å². The number of hydrogen-bond donors (Lipinski definition) is 1. The van der Waals surface area contributed by atoms with Gasteiger partial charge in [0.15, 0.2) is 0 Å². The third-order valence-corrected chi connectivity index (χ3v) is 7.54. The van der Waals surface area contributed by atoms with Gasteiger partial charge >= 0.3 is 6.09 Å². The highest BCUT2D eigenvalue weighted by molar-refractivity contribution is 5.82. The van der Waals surface area contributed by atoms with Crippen LogP contribution in [-0.2, 0) is 16.0 Å². The maximum atomic E-state index is 14.9. The van der Waals surface area contributed by atoms with Crippen molar-refractivity contribution in [2.75, 3.05) is 26.2 Å². The molecule has 0 radical (unpaired) electrons. The van der Waals surface area contributed by atoms with Crippen LogP contribution in [-0.4, -0.2) is 66.2 Å². The van der Waals surface area contributed by atoms with E-state index in [1.807, 2.05) is 44.2 Å². The molecule has 8 heteroatoms. The van der Waals surface area contributed by atoms with Crippen LogP contribution in [0.4, 0.5) is 9.18 Å². The Labute approximate surface area is 225 Å². The third kappa shape index (κ3) is 7.04. The Balaban J connectivity index is 1.29. The van der Waals surface area contributed by atoms with Crippen molar-refractivity contribution in [1.29, 1.82) is 0 Å². The van der Waals surface area contributed by atoms with E-state index in [1.54, 1.807) is 15.9 Å². The van der Waals surface area contributed by atoms with Gasteiger partial charge in [-0.2, -0.15) is 0 Å². The Hall–Kier alpha value is -3.13. The summed E-state index contributed by atoms with van der Waals surface area (Å²) in [5, 5.41) is 0. The summed E-state index contributed by atoms with van der Waals surface area (Å²) in [6.45, 7) is 8.58. The molecular formula is C30H40FN3O4. The number of carbonyl (C=O) groups excluding carboxylic acids is 2. The van der Waals surface area contributed by atoms with E-state index >= 15 is 0 Å². The monoisotopic (exact) mass is 525 g/mol. The number of benzene rings is 2. The van der Waals surface area contributed by atoms with Crippen LogP contribution in [0.25, 0.3) is 11.1 Å². The lowest BCUT2D eigenvalue weighted by Gasteiger charge is -2.34. The summed E-state index contributed by atoms with van der Waals surface area (Å²) < 4.78 is 26.4. The van der Waals surface area contributed by atoms with Gasteiger partial charge in [-0.1, -0.05) is 24.3 Å². The summed E-state index contributed by atoms with van der Waals surface area (Å²) in [7, 11) is 0. The Kier molecular flexibility index (Phi) is 9.26. The van der Waals surface area contributed by atoms with Gasteiger partial charge in [0.05, 0.1) is 18.2 Å². The molecule has 2 fully saturated rings. The number of ether oxygens (including phenoxy) is 2. The van der Waals surface area contributed by atoms with Crippen LogP contribution in [0.2, 0.25) is 0 Å². The number of hydrogen-bond acceptors (Lipinski definition) is 5. The first kappa shape index (κ1) is 27.9. The Bertz CT molecular complexity index is 1090. The zero-order valence-corrected chi connectivity index (χ0v) is 22.7. The first-order valence-corrected chi connectivity index (χ1v) is 13.8. The van der Waals surface area contributed by atoms with E-state index in [4.69, 9.17) is 15.2 Å². The average Bonchev–Trinajstić information content (AvgIpc) is 3.44. The number of likely N-dealkylation sites (tertiary alicyclic amines) is 2. The van der Waals surface area contributed by atoms with Crippen molar-refractivity contribution < 1.29 is 23.5 Å². The van der Waals surface area contributed by atoms with E-state index < -0.39 is 6.04 Å². The molecule has 2 aliphatic heterocycles. The van der Waals surface area contributed by atoms with Crippen molar-refractivity contribution >= 4 is 12.0 Å². The third-order valence-electron chi connectivity index (χ3n) is 7.54. The molecule has 1 unspecified atom stereocenters. The second-order valence-electron chi connectivity index (χ2n) is 10.8. The molecule has 0 bridgehead atoms. The van der Waals surface area contributed by atoms with Crippen LogP contribution >= 0.6 is 0 Å². The largest absolute Gasteiger partial charge is 0.490 e. The molecule has 2 N–H and O–H groups in total. The Morgan fingerprint density at radius 3 is 2.18 bits per heavy atom. The number of carbonyl (C=O) groups is 2. The zero-order valence-electron chi connectivity index (χ0n) is 22.7. The number of amides is 2. The molecule has 0 spiro atoms. The predicted molar refractivity (Wildman–Crippen MR) is 145 cm³/mol. The van der Waals surface area contributed by atoms with Gasteiger partial charge in [-0.05, 0) is 93.7 Å². The molecule has 2 aromatic rings. The molecule has 0 aromatic heterocycles.